The normalized spacial score (nSPS) is 11.9. The van der Waals surface area contributed by atoms with Crippen molar-refractivity contribution in [1.82, 2.24) is 0 Å². The summed E-state index contributed by atoms with van der Waals surface area (Å²) in [5.41, 5.74) is 2.15. The molecule has 0 saturated carbocycles. The molecule has 0 aliphatic carbocycles. The summed E-state index contributed by atoms with van der Waals surface area (Å²) < 4.78 is 5.43. The van der Waals surface area contributed by atoms with Crippen LogP contribution >= 0.6 is 0 Å². The molecule has 1 atom stereocenters. The lowest BCUT2D eigenvalue weighted by Gasteiger charge is -2.12. The lowest BCUT2D eigenvalue weighted by molar-refractivity contribution is 0.111. The first kappa shape index (κ1) is 11.5. The number of aliphatic hydroxyl groups is 1. The van der Waals surface area contributed by atoms with Crippen LogP contribution in [0.2, 0.25) is 0 Å². The molecule has 0 saturated heterocycles. The molecule has 0 fully saturated rings. The second kappa shape index (κ2) is 5.38. The van der Waals surface area contributed by atoms with E-state index in [-0.39, 0.29) is 13.0 Å². The second-order valence-electron chi connectivity index (χ2n) is 3.60. The molecule has 0 spiro atoms. The molecule has 0 aromatic heterocycles. The van der Waals surface area contributed by atoms with E-state index >= 15 is 0 Å². The number of aryl methyl sites for hydroxylation is 2. The minimum atomic E-state index is -0.713. The Hall–Kier alpha value is -1.53. The zero-order valence-corrected chi connectivity index (χ0v) is 9.03. The van der Waals surface area contributed by atoms with Crippen molar-refractivity contribution in [1.29, 1.82) is 5.26 Å². The van der Waals surface area contributed by atoms with Crippen LogP contribution in [0.4, 0.5) is 0 Å². The fourth-order valence-corrected chi connectivity index (χ4v) is 1.21. The Morgan fingerprint density at radius 1 is 1.47 bits per heavy atom. The van der Waals surface area contributed by atoms with Gasteiger partial charge in [-0.1, -0.05) is 12.1 Å². The van der Waals surface area contributed by atoms with Crippen molar-refractivity contribution in [3.8, 4) is 11.8 Å². The molecular formula is C12H15NO2. The van der Waals surface area contributed by atoms with Gasteiger partial charge in [0.2, 0.25) is 0 Å². The molecule has 1 unspecified atom stereocenters. The quantitative estimate of drug-likeness (QED) is 0.817. The van der Waals surface area contributed by atoms with Gasteiger partial charge in [0.1, 0.15) is 18.5 Å². The molecule has 0 aliphatic rings. The molecule has 1 aromatic carbocycles. The Bertz CT molecular complexity index is 368. The molecule has 1 N–H and O–H groups in total. The first-order chi connectivity index (χ1) is 7.13. The standard InChI is InChI=1S/C12H15NO2/c1-9-3-4-10(2)12(7-9)15-8-11(14)5-6-13/h3-4,7,11,14H,5,8H2,1-2H3. The van der Waals surface area contributed by atoms with Crippen molar-refractivity contribution < 1.29 is 9.84 Å². The third-order valence-electron chi connectivity index (χ3n) is 2.10. The van der Waals surface area contributed by atoms with Crippen LogP contribution in [0.25, 0.3) is 0 Å². The highest BCUT2D eigenvalue weighted by atomic mass is 16.5. The summed E-state index contributed by atoms with van der Waals surface area (Å²) in [6.45, 7) is 4.10. The molecule has 0 radical (unpaired) electrons. The number of nitrogens with zero attached hydrogens (tertiary/aromatic N) is 1. The van der Waals surface area contributed by atoms with E-state index in [4.69, 9.17) is 10.00 Å². The topological polar surface area (TPSA) is 53.2 Å². The van der Waals surface area contributed by atoms with E-state index < -0.39 is 6.10 Å². The Balaban J connectivity index is 2.57. The van der Waals surface area contributed by atoms with E-state index in [0.717, 1.165) is 16.9 Å². The molecule has 3 heteroatoms. The van der Waals surface area contributed by atoms with Gasteiger partial charge in [-0.2, -0.15) is 5.26 Å². The lowest BCUT2D eigenvalue weighted by atomic mass is 10.1. The molecule has 0 amide bonds. The van der Waals surface area contributed by atoms with Crippen LogP contribution in [0.1, 0.15) is 17.5 Å². The number of hydrogen-bond donors (Lipinski definition) is 1. The van der Waals surface area contributed by atoms with Gasteiger partial charge >= 0.3 is 0 Å². The lowest BCUT2D eigenvalue weighted by Crippen LogP contribution is -2.16. The summed E-state index contributed by atoms with van der Waals surface area (Å²) in [4.78, 5) is 0. The molecule has 15 heavy (non-hydrogen) atoms. The molecule has 0 bridgehead atoms. The Morgan fingerprint density at radius 2 is 2.20 bits per heavy atom. The summed E-state index contributed by atoms with van der Waals surface area (Å²) in [6.07, 6.45) is -0.611. The summed E-state index contributed by atoms with van der Waals surface area (Å²) in [5, 5.41) is 17.7. The number of ether oxygens (including phenoxy) is 1. The maximum Gasteiger partial charge on any atom is 0.122 e. The van der Waals surface area contributed by atoms with Crippen LogP contribution < -0.4 is 4.74 Å². The highest BCUT2D eigenvalue weighted by Crippen LogP contribution is 2.19. The fourth-order valence-electron chi connectivity index (χ4n) is 1.21. The third-order valence-corrected chi connectivity index (χ3v) is 2.10. The van der Waals surface area contributed by atoms with E-state index in [1.165, 1.54) is 0 Å². The molecule has 3 nitrogen and oxygen atoms in total. The van der Waals surface area contributed by atoms with E-state index in [1.807, 2.05) is 38.1 Å². The molecule has 0 heterocycles. The summed E-state index contributed by atoms with van der Waals surface area (Å²) in [5.74, 6) is 0.770. The van der Waals surface area contributed by atoms with Crippen LogP contribution in [0, 0.1) is 25.2 Å². The summed E-state index contributed by atoms with van der Waals surface area (Å²) >= 11 is 0. The van der Waals surface area contributed by atoms with E-state index in [2.05, 4.69) is 0 Å². The zero-order valence-electron chi connectivity index (χ0n) is 9.03. The molecule has 0 aliphatic heterocycles. The first-order valence-electron chi connectivity index (χ1n) is 4.88. The maximum atomic E-state index is 9.32. The molecule has 1 rings (SSSR count). The summed E-state index contributed by atoms with van der Waals surface area (Å²) in [6, 6.07) is 7.81. The largest absolute Gasteiger partial charge is 0.491 e. The summed E-state index contributed by atoms with van der Waals surface area (Å²) in [7, 11) is 0. The monoisotopic (exact) mass is 205 g/mol. The molecule has 80 valence electrons. The van der Waals surface area contributed by atoms with Crippen molar-refractivity contribution in [3.05, 3.63) is 29.3 Å². The maximum absolute atomic E-state index is 9.32. The van der Waals surface area contributed by atoms with Gasteiger partial charge < -0.3 is 9.84 Å². The van der Waals surface area contributed by atoms with Crippen LogP contribution in [-0.2, 0) is 0 Å². The highest BCUT2D eigenvalue weighted by molar-refractivity contribution is 5.35. The Morgan fingerprint density at radius 3 is 2.87 bits per heavy atom. The van der Waals surface area contributed by atoms with Gasteiger partial charge in [-0.3, -0.25) is 0 Å². The van der Waals surface area contributed by atoms with E-state index in [9.17, 15) is 5.11 Å². The minimum absolute atomic E-state index is 0.102. The van der Waals surface area contributed by atoms with E-state index in [1.54, 1.807) is 0 Å². The predicted molar refractivity (Wildman–Crippen MR) is 57.6 cm³/mol. The van der Waals surface area contributed by atoms with Crippen molar-refractivity contribution in [2.45, 2.75) is 26.4 Å². The first-order valence-corrected chi connectivity index (χ1v) is 4.88. The Kier molecular flexibility index (Phi) is 4.14. The molecule has 1 aromatic rings. The zero-order chi connectivity index (χ0) is 11.3. The van der Waals surface area contributed by atoms with Crippen LogP contribution in [0.15, 0.2) is 18.2 Å². The number of nitriles is 1. The smallest absolute Gasteiger partial charge is 0.122 e. The number of rotatable bonds is 4. The predicted octanol–water partition coefficient (Wildman–Crippen LogP) is 1.96. The van der Waals surface area contributed by atoms with Gasteiger partial charge in [-0.05, 0) is 31.0 Å². The number of benzene rings is 1. The fraction of sp³-hybridized carbons (Fsp3) is 0.417. The Labute approximate surface area is 89.9 Å². The van der Waals surface area contributed by atoms with Gasteiger partial charge in [0.25, 0.3) is 0 Å². The highest BCUT2D eigenvalue weighted by Gasteiger charge is 2.05. The third kappa shape index (κ3) is 3.61. The molecular weight excluding hydrogens is 190 g/mol. The SMILES string of the molecule is Cc1ccc(C)c(OCC(O)CC#N)c1. The second-order valence-corrected chi connectivity index (χ2v) is 3.60. The minimum Gasteiger partial charge on any atom is -0.491 e. The van der Waals surface area contributed by atoms with Gasteiger partial charge in [0.15, 0.2) is 0 Å². The van der Waals surface area contributed by atoms with Gasteiger partial charge in [0, 0.05) is 0 Å². The van der Waals surface area contributed by atoms with Gasteiger partial charge in [0.05, 0.1) is 12.5 Å². The average molecular weight is 205 g/mol. The van der Waals surface area contributed by atoms with Gasteiger partial charge in [-0.25, -0.2) is 0 Å². The average Bonchev–Trinajstić information content (AvgIpc) is 2.20. The van der Waals surface area contributed by atoms with Crippen molar-refractivity contribution in [3.63, 3.8) is 0 Å². The van der Waals surface area contributed by atoms with Gasteiger partial charge in [-0.15, -0.1) is 0 Å². The van der Waals surface area contributed by atoms with Crippen molar-refractivity contribution in [2.75, 3.05) is 6.61 Å². The van der Waals surface area contributed by atoms with Crippen molar-refractivity contribution in [2.24, 2.45) is 0 Å². The number of aliphatic hydroxyl groups excluding tert-OH is 1. The van der Waals surface area contributed by atoms with Crippen LogP contribution in [0.3, 0.4) is 0 Å². The van der Waals surface area contributed by atoms with Crippen molar-refractivity contribution >= 4 is 0 Å². The number of hydrogen-bond acceptors (Lipinski definition) is 3. The van der Waals surface area contributed by atoms with Crippen LogP contribution in [-0.4, -0.2) is 17.8 Å². The van der Waals surface area contributed by atoms with Crippen LogP contribution in [0.5, 0.6) is 5.75 Å². The van der Waals surface area contributed by atoms with E-state index in [0.29, 0.717) is 0 Å².